The molecule has 3 N–H and O–H groups in total. The van der Waals surface area contributed by atoms with Crippen LogP contribution in [0.1, 0.15) is 38.2 Å². The van der Waals surface area contributed by atoms with Gasteiger partial charge in [0.05, 0.1) is 9.79 Å². The first-order valence-electron chi connectivity index (χ1n) is 9.96. The summed E-state index contributed by atoms with van der Waals surface area (Å²) in [5.74, 6) is -0.137. The van der Waals surface area contributed by atoms with Crippen molar-refractivity contribution in [1.29, 1.82) is 0 Å². The van der Waals surface area contributed by atoms with E-state index >= 15 is 0 Å². The molecule has 0 amide bonds. The highest BCUT2D eigenvalue weighted by Crippen LogP contribution is 2.34. The Morgan fingerprint density at radius 2 is 1.93 bits per heavy atom. The number of nitrogens with one attached hydrogen (secondary N) is 1. The molecular formula is C22H28N2O4S. The van der Waals surface area contributed by atoms with E-state index in [9.17, 15) is 13.2 Å². The molecule has 1 aliphatic heterocycles. The van der Waals surface area contributed by atoms with Gasteiger partial charge in [-0.15, -0.1) is 0 Å². The Balaban J connectivity index is 1.99. The van der Waals surface area contributed by atoms with Crippen LogP contribution < -0.4 is 15.8 Å². The van der Waals surface area contributed by atoms with E-state index in [1.54, 1.807) is 42.5 Å². The van der Waals surface area contributed by atoms with E-state index in [-0.39, 0.29) is 27.4 Å². The summed E-state index contributed by atoms with van der Waals surface area (Å²) in [4.78, 5) is 12.9. The van der Waals surface area contributed by atoms with Crippen LogP contribution in [0, 0.1) is 5.92 Å². The average Bonchev–Trinajstić information content (AvgIpc) is 3.27. The van der Waals surface area contributed by atoms with Crippen molar-refractivity contribution in [3.63, 3.8) is 0 Å². The van der Waals surface area contributed by atoms with Gasteiger partial charge in [-0.25, -0.2) is 13.2 Å². The van der Waals surface area contributed by atoms with Crippen molar-refractivity contribution >= 4 is 15.8 Å². The number of ether oxygens (including phenoxy) is 1. The first-order chi connectivity index (χ1) is 13.8. The molecule has 0 radical (unpaired) electrons. The standard InChI is InChI=1S/C22H28N2O4S/c1-3-15(2)21(23)22(25)28-20-13-18(9-10-19(20)16-11-12-24-14-16)29(26,27)17-7-5-4-6-8-17/h4-10,13,15-16,21,24H,3,11-12,14,23H2,1-2H3. The van der Waals surface area contributed by atoms with Crippen LogP contribution in [0.2, 0.25) is 0 Å². The summed E-state index contributed by atoms with van der Waals surface area (Å²) in [7, 11) is -3.72. The van der Waals surface area contributed by atoms with Crippen molar-refractivity contribution < 1.29 is 17.9 Å². The number of benzene rings is 2. The number of hydrogen-bond acceptors (Lipinski definition) is 6. The Bertz CT molecular complexity index is 954. The maximum atomic E-state index is 13.0. The second-order valence-electron chi connectivity index (χ2n) is 7.54. The molecule has 0 spiro atoms. The van der Waals surface area contributed by atoms with Crippen LogP contribution in [-0.2, 0) is 14.6 Å². The third-order valence-electron chi connectivity index (χ3n) is 5.59. The predicted octanol–water partition coefficient (Wildman–Crippen LogP) is 2.88. The molecule has 1 heterocycles. The molecule has 0 bridgehead atoms. The van der Waals surface area contributed by atoms with Crippen molar-refractivity contribution in [2.75, 3.05) is 13.1 Å². The minimum atomic E-state index is -3.72. The molecule has 2 aromatic rings. The highest BCUT2D eigenvalue weighted by Gasteiger charge is 2.27. The molecule has 156 valence electrons. The monoisotopic (exact) mass is 416 g/mol. The summed E-state index contributed by atoms with van der Waals surface area (Å²) < 4.78 is 31.7. The lowest BCUT2D eigenvalue weighted by Gasteiger charge is -2.20. The normalized spacial score (nSPS) is 18.9. The van der Waals surface area contributed by atoms with Gasteiger partial charge in [-0.05, 0) is 42.6 Å². The van der Waals surface area contributed by atoms with E-state index in [4.69, 9.17) is 10.5 Å². The van der Waals surface area contributed by atoms with E-state index in [2.05, 4.69) is 5.32 Å². The van der Waals surface area contributed by atoms with Gasteiger partial charge in [0, 0.05) is 18.5 Å². The number of carbonyl (C=O) groups excluding carboxylic acids is 1. The van der Waals surface area contributed by atoms with Gasteiger partial charge in [-0.3, -0.25) is 0 Å². The van der Waals surface area contributed by atoms with Crippen LogP contribution in [0.3, 0.4) is 0 Å². The first-order valence-corrected chi connectivity index (χ1v) is 11.4. The van der Waals surface area contributed by atoms with E-state index < -0.39 is 21.8 Å². The fourth-order valence-electron chi connectivity index (χ4n) is 3.43. The molecule has 1 aliphatic rings. The van der Waals surface area contributed by atoms with Crippen molar-refractivity contribution in [3.8, 4) is 5.75 Å². The largest absolute Gasteiger partial charge is 0.425 e. The average molecular weight is 417 g/mol. The Hall–Kier alpha value is -2.22. The molecule has 2 aromatic carbocycles. The molecule has 29 heavy (non-hydrogen) atoms. The van der Waals surface area contributed by atoms with E-state index in [1.165, 1.54) is 6.07 Å². The van der Waals surface area contributed by atoms with Crippen LogP contribution in [0.15, 0.2) is 58.3 Å². The van der Waals surface area contributed by atoms with Crippen molar-refractivity contribution in [2.24, 2.45) is 11.7 Å². The number of esters is 1. The van der Waals surface area contributed by atoms with E-state index in [0.29, 0.717) is 0 Å². The summed E-state index contributed by atoms with van der Waals surface area (Å²) in [6.07, 6.45) is 1.64. The molecule has 3 atom stereocenters. The Labute approximate surface area is 172 Å². The second-order valence-corrected chi connectivity index (χ2v) is 9.49. The van der Waals surface area contributed by atoms with Crippen molar-refractivity contribution in [3.05, 3.63) is 54.1 Å². The Kier molecular flexibility index (Phi) is 6.72. The molecule has 3 rings (SSSR count). The summed E-state index contributed by atoms with van der Waals surface area (Å²) in [5, 5.41) is 3.29. The van der Waals surface area contributed by atoms with Gasteiger partial charge in [-0.2, -0.15) is 0 Å². The number of rotatable bonds is 7. The van der Waals surface area contributed by atoms with Gasteiger partial charge in [0.25, 0.3) is 0 Å². The van der Waals surface area contributed by atoms with Crippen molar-refractivity contribution in [1.82, 2.24) is 5.32 Å². The zero-order chi connectivity index (χ0) is 21.0. The maximum Gasteiger partial charge on any atom is 0.328 e. The van der Waals surface area contributed by atoms with Gasteiger partial charge in [0.1, 0.15) is 11.8 Å². The lowest BCUT2D eigenvalue weighted by molar-refractivity contribution is -0.137. The van der Waals surface area contributed by atoms with Crippen LogP contribution in [0.5, 0.6) is 5.75 Å². The quantitative estimate of drug-likeness (QED) is 0.532. The SMILES string of the molecule is CCC(C)C(N)C(=O)Oc1cc(S(=O)(=O)c2ccccc2)ccc1C1CCNC1. The summed E-state index contributed by atoms with van der Waals surface area (Å²) in [6, 6.07) is 12.3. The molecule has 6 nitrogen and oxygen atoms in total. The fourth-order valence-corrected chi connectivity index (χ4v) is 4.72. The minimum Gasteiger partial charge on any atom is -0.425 e. The van der Waals surface area contributed by atoms with Crippen LogP contribution in [0.4, 0.5) is 0 Å². The van der Waals surface area contributed by atoms with Gasteiger partial charge in [0.2, 0.25) is 9.84 Å². The van der Waals surface area contributed by atoms with Gasteiger partial charge >= 0.3 is 5.97 Å². The second kappa shape index (κ2) is 9.07. The number of nitrogens with two attached hydrogens (primary N) is 1. The maximum absolute atomic E-state index is 13.0. The van der Waals surface area contributed by atoms with Crippen molar-refractivity contribution in [2.45, 2.75) is 48.4 Å². The molecule has 7 heteroatoms. The topological polar surface area (TPSA) is 98.5 Å². The van der Waals surface area contributed by atoms with Crippen LogP contribution >= 0.6 is 0 Å². The van der Waals surface area contributed by atoms with Gasteiger partial charge in [0.15, 0.2) is 0 Å². The zero-order valence-corrected chi connectivity index (χ0v) is 17.6. The number of hydrogen-bond donors (Lipinski definition) is 2. The lowest BCUT2D eigenvalue weighted by Crippen LogP contribution is -2.39. The first kappa shape index (κ1) is 21.5. The van der Waals surface area contributed by atoms with E-state index in [1.807, 2.05) is 13.8 Å². The Morgan fingerprint density at radius 3 is 2.55 bits per heavy atom. The summed E-state index contributed by atoms with van der Waals surface area (Å²) in [6.45, 7) is 5.48. The molecule has 1 saturated heterocycles. The number of carbonyl (C=O) groups is 1. The smallest absolute Gasteiger partial charge is 0.328 e. The van der Waals surface area contributed by atoms with Crippen LogP contribution in [0.25, 0.3) is 0 Å². The summed E-state index contributed by atoms with van der Waals surface area (Å²) in [5.41, 5.74) is 6.86. The van der Waals surface area contributed by atoms with E-state index in [0.717, 1.165) is 31.5 Å². The molecule has 0 saturated carbocycles. The third-order valence-corrected chi connectivity index (χ3v) is 7.36. The molecule has 0 aliphatic carbocycles. The molecule has 3 unspecified atom stereocenters. The molecule has 0 aromatic heterocycles. The third kappa shape index (κ3) is 4.69. The minimum absolute atomic E-state index is 0.0321. The highest BCUT2D eigenvalue weighted by atomic mass is 32.2. The van der Waals surface area contributed by atoms with Crippen LogP contribution in [-0.4, -0.2) is 33.5 Å². The molecule has 1 fully saturated rings. The zero-order valence-electron chi connectivity index (χ0n) is 16.8. The lowest BCUT2D eigenvalue weighted by atomic mass is 9.97. The predicted molar refractivity (Wildman–Crippen MR) is 112 cm³/mol. The Morgan fingerprint density at radius 1 is 1.21 bits per heavy atom. The highest BCUT2D eigenvalue weighted by molar-refractivity contribution is 7.91. The van der Waals surface area contributed by atoms with Gasteiger partial charge in [-0.1, -0.05) is 44.5 Å². The fraction of sp³-hybridized carbons (Fsp3) is 0.409. The van der Waals surface area contributed by atoms with Gasteiger partial charge < -0.3 is 15.8 Å². The number of sulfone groups is 1. The summed E-state index contributed by atoms with van der Waals surface area (Å²) >= 11 is 0. The molecular weight excluding hydrogens is 388 g/mol.